The van der Waals surface area contributed by atoms with Crippen LogP contribution >= 0.6 is 15.9 Å². The minimum atomic E-state index is 0.216. The van der Waals surface area contributed by atoms with Crippen LogP contribution in [0.15, 0.2) is 35.5 Å². The molecule has 0 bridgehead atoms. The fraction of sp³-hybridized carbons (Fsp3) is 0.417. The van der Waals surface area contributed by atoms with Crippen molar-refractivity contribution in [3.63, 3.8) is 0 Å². The Bertz CT molecular complexity index is 353. The minimum Gasteiger partial charge on any atom is -0.494 e. The first-order chi connectivity index (χ1) is 7.84. The van der Waals surface area contributed by atoms with E-state index in [9.17, 15) is 0 Å². The van der Waals surface area contributed by atoms with Gasteiger partial charge >= 0.3 is 0 Å². The molecule has 1 aliphatic rings. The highest BCUT2D eigenvalue weighted by Crippen LogP contribution is 2.18. The highest BCUT2D eigenvalue weighted by Gasteiger charge is 2.18. The third kappa shape index (κ3) is 3.52. The van der Waals surface area contributed by atoms with Gasteiger partial charge in [-0.3, -0.25) is 0 Å². The first kappa shape index (κ1) is 11.5. The zero-order valence-corrected chi connectivity index (χ0v) is 10.5. The van der Waals surface area contributed by atoms with E-state index in [1.54, 1.807) is 0 Å². The van der Waals surface area contributed by atoms with Crippen LogP contribution in [-0.2, 0) is 4.84 Å². The van der Waals surface area contributed by atoms with E-state index in [4.69, 9.17) is 9.57 Å². The molecule has 0 spiro atoms. The van der Waals surface area contributed by atoms with Crippen LogP contribution in [-0.4, -0.2) is 17.3 Å². The molecule has 0 saturated heterocycles. The van der Waals surface area contributed by atoms with Crippen molar-refractivity contribution in [2.45, 2.75) is 25.4 Å². The van der Waals surface area contributed by atoms with Crippen LogP contribution in [0.5, 0.6) is 5.75 Å². The van der Waals surface area contributed by atoms with Gasteiger partial charge in [0.1, 0.15) is 16.5 Å². The Morgan fingerprint density at radius 2 is 2.19 bits per heavy atom. The van der Waals surface area contributed by atoms with E-state index in [0.717, 1.165) is 36.2 Å². The minimum absolute atomic E-state index is 0.216. The highest BCUT2D eigenvalue weighted by atomic mass is 79.9. The number of ether oxygens (including phenoxy) is 1. The van der Waals surface area contributed by atoms with Crippen molar-refractivity contribution in [2.75, 3.05) is 6.61 Å². The summed E-state index contributed by atoms with van der Waals surface area (Å²) >= 11 is 3.32. The van der Waals surface area contributed by atoms with Crippen molar-refractivity contribution < 1.29 is 9.57 Å². The van der Waals surface area contributed by atoms with Gasteiger partial charge in [0.2, 0.25) is 0 Å². The van der Waals surface area contributed by atoms with Crippen molar-refractivity contribution in [3.05, 3.63) is 30.3 Å². The van der Waals surface area contributed by atoms with Gasteiger partial charge in [-0.05, 0) is 40.9 Å². The van der Waals surface area contributed by atoms with Gasteiger partial charge in [0.05, 0.1) is 6.61 Å². The Morgan fingerprint density at radius 1 is 1.38 bits per heavy atom. The maximum absolute atomic E-state index is 5.59. The standard InChI is InChI=1S/C12H14BrNO2/c13-12-9-11(16-14-12)7-4-8-15-10-5-2-1-3-6-10/h1-3,5-6,11H,4,7-9H2/t11-/m0/s1. The average molecular weight is 284 g/mol. The number of halogens is 1. The molecule has 0 saturated carbocycles. The molecule has 1 heterocycles. The largest absolute Gasteiger partial charge is 0.494 e. The van der Waals surface area contributed by atoms with E-state index in [1.807, 2.05) is 30.3 Å². The predicted molar refractivity (Wildman–Crippen MR) is 67.0 cm³/mol. The third-order valence-electron chi connectivity index (χ3n) is 2.38. The summed E-state index contributed by atoms with van der Waals surface area (Å²) in [6.45, 7) is 0.724. The Morgan fingerprint density at radius 3 is 2.88 bits per heavy atom. The number of oxime groups is 1. The smallest absolute Gasteiger partial charge is 0.133 e. The summed E-state index contributed by atoms with van der Waals surface area (Å²) in [5.41, 5.74) is 0. The van der Waals surface area contributed by atoms with E-state index in [1.165, 1.54) is 0 Å². The van der Waals surface area contributed by atoms with Crippen molar-refractivity contribution in [3.8, 4) is 5.75 Å². The maximum Gasteiger partial charge on any atom is 0.133 e. The lowest BCUT2D eigenvalue weighted by molar-refractivity contribution is 0.0742. The molecule has 4 heteroatoms. The zero-order chi connectivity index (χ0) is 11.2. The van der Waals surface area contributed by atoms with Crippen molar-refractivity contribution >= 4 is 20.6 Å². The van der Waals surface area contributed by atoms with Crippen LogP contribution in [0.3, 0.4) is 0 Å². The summed E-state index contributed by atoms with van der Waals surface area (Å²) in [7, 11) is 0. The second-order valence-corrected chi connectivity index (χ2v) is 4.62. The van der Waals surface area contributed by atoms with Crippen LogP contribution in [0.25, 0.3) is 0 Å². The Hall–Kier alpha value is -1.03. The van der Waals surface area contributed by atoms with E-state index in [-0.39, 0.29) is 6.10 Å². The number of nitrogens with zero attached hydrogens (tertiary/aromatic N) is 1. The van der Waals surface area contributed by atoms with Gasteiger partial charge in [-0.1, -0.05) is 23.4 Å². The molecule has 16 heavy (non-hydrogen) atoms. The molecule has 2 rings (SSSR count). The van der Waals surface area contributed by atoms with Crippen LogP contribution in [0.4, 0.5) is 0 Å². The number of benzene rings is 1. The lowest BCUT2D eigenvalue weighted by Gasteiger charge is -2.08. The summed E-state index contributed by atoms with van der Waals surface area (Å²) in [6, 6.07) is 9.85. The van der Waals surface area contributed by atoms with Gasteiger partial charge in [-0.2, -0.15) is 0 Å². The molecule has 0 radical (unpaired) electrons. The highest BCUT2D eigenvalue weighted by molar-refractivity contribution is 9.18. The molecule has 0 unspecified atom stereocenters. The van der Waals surface area contributed by atoms with Gasteiger partial charge in [-0.15, -0.1) is 0 Å². The van der Waals surface area contributed by atoms with Crippen molar-refractivity contribution in [2.24, 2.45) is 5.16 Å². The number of hydrogen-bond donors (Lipinski definition) is 0. The SMILES string of the molecule is BrC1=NO[C@@H](CCCOc2ccccc2)C1. The first-order valence-corrected chi connectivity index (χ1v) is 6.20. The van der Waals surface area contributed by atoms with Gasteiger partial charge in [0.25, 0.3) is 0 Å². The average Bonchev–Trinajstić information content (AvgIpc) is 2.72. The fourth-order valence-corrected chi connectivity index (χ4v) is 2.01. The molecule has 86 valence electrons. The second-order valence-electron chi connectivity index (χ2n) is 3.70. The first-order valence-electron chi connectivity index (χ1n) is 5.40. The summed E-state index contributed by atoms with van der Waals surface area (Å²) in [5, 5.41) is 3.85. The normalized spacial score (nSPS) is 19.1. The summed E-state index contributed by atoms with van der Waals surface area (Å²) < 4.78 is 6.49. The van der Waals surface area contributed by atoms with Gasteiger partial charge in [0, 0.05) is 6.42 Å². The topological polar surface area (TPSA) is 30.8 Å². The second kappa shape index (κ2) is 5.89. The quantitative estimate of drug-likeness (QED) is 0.776. The van der Waals surface area contributed by atoms with E-state index >= 15 is 0 Å². The van der Waals surface area contributed by atoms with Gasteiger partial charge < -0.3 is 9.57 Å². The van der Waals surface area contributed by atoms with Gasteiger partial charge in [-0.25, -0.2) is 0 Å². The monoisotopic (exact) mass is 283 g/mol. The molecule has 0 aliphatic carbocycles. The van der Waals surface area contributed by atoms with E-state index < -0.39 is 0 Å². The molecule has 3 nitrogen and oxygen atoms in total. The molecule has 1 aromatic rings. The van der Waals surface area contributed by atoms with Crippen LogP contribution in [0, 0.1) is 0 Å². The fourth-order valence-electron chi connectivity index (χ4n) is 1.57. The molecule has 1 aromatic carbocycles. The summed E-state index contributed by atoms with van der Waals surface area (Å²) in [4.78, 5) is 5.20. The third-order valence-corrected chi connectivity index (χ3v) is 2.85. The lowest BCUT2D eigenvalue weighted by atomic mass is 10.1. The maximum atomic E-state index is 5.59. The molecular formula is C12H14BrNO2. The lowest BCUT2D eigenvalue weighted by Crippen LogP contribution is -2.08. The van der Waals surface area contributed by atoms with Crippen LogP contribution in [0.2, 0.25) is 0 Å². The van der Waals surface area contributed by atoms with Crippen molar-refractivity contribution in [1.29, 1.82) is 0 Å². The predicted octanol–water partition coefficient (Wildman–Crippen LogP) is 3.34. The number of rotatable bonds is 5. The van der Waals surface area contributed by atoms with E-state index in [0.29, 0.717) is 0 Å². The Labute approximate surface area is 104 Å². The molecule has 1 aliphatic heterocycles. The zero-order valence-electron chi connectivity index (χ0n) is 8.93. The Balaban J connectivity index is 1.59. The van der Waals surface area contributed by atoms with Crippen molar-refractivity contribution in [1.82, 2.24) is 0 Å². The molecule has 0 amide bonds. The summed E-state index contributed by atoms with van der Waals surface area (Å²) in [5.74, 6) is 0.923. The summed E-state index contributed by atoms with van der Waals surface area (Å²) in [6.07, 6.45) is 3.06. The van der Waals surface area contributed by atoms with E-state index in [2.05, 4.69) is 21.1 Å². The Kier molecular flexibility index (Phi) is 4.22. The molecule has 0 fully saturated rings. The van der Waals surface area contributed by atoms with Gasteiger partial charge in [0.15, 0.2) is 0 Å². The number of para-hydroxylation sites is 1. The molecule has 0 N–H and O–H groups in total. The molecule has 1 atom stereocenters. The van der Waals surface area contributed by atoms with Crippen LogP contribution < -0.4 is 4.74 Å². The molecule has 0 aromatic heterocycles. The number of hydrogen-bond acceptors (Lipinski definition) is 3. The molecular weight excluding hydrogens is 270 g/mol. The van der Waals surface area contributed by atoms with Crippen LogP contribution in [0.1, 0.15) is 19.3 Å².